The molecule has 0 aromatic carbocycles. The fraction of sp³-hybridized carbons (Fsp3) is 0.818. The van der Waals surface area contributed by atoms with E-state index in [2.05, 4.69) is 5.32 Å². The molecule has 0 radical (unpaired) electrons. The minimum atomic E-state index is -0.785. The van der Waals surface area contributed by atoms with Gasteiger partial charge in [0.25, 0.3) is 0 Å². The van der Waals surface area contributed by atoms with Crippen LogP contribution in [0.3, 0.4) is 0 Å². The van der Waals surface area contributed by atoms with Gasteiger partial charge in [-0.3, -0.25) is 9.59 Å². The van der Waals surface area contributed by atoms with Crippen molar-refractivity contribution < 1.29 is 14.7 Å². The van der Waals surface area contributed by atoms with Crippen LogP contribution in [-0.4, -0.2) is 47.6 Å². The van der Waals surface area contributed by atoms with Gasteiger partial charge >= 0.3 is 5.97 Å². The maximum Gasteiger partial charge on any atom is 0.308 e. The van der Waals surface area contributed by atoms with E-state index in [0.29, 0.717) is 32.1 Å². The topological polar surface area (TPSA) is 69.6 Å². The van der Waals surface area contributed by atoms with Crippen LogP contribution in [0.5, 0.6) is 0 Å². The smallest absolute Gasteiger partial charge is 0.308 e. The normalized spacial score (nSPS) is 25.5. The Bertz CT molecular complexity index is 289. The zero-order valence-electron chi connectivity index (χ0n) is 9.32. The first-order valence-electron chi connectivity index (χ1n) is 5.91. The van der Waals surface area contributed by atoms with Crippen LogP contribution in [0.1, 0.15) is 25.7 Å². The number of amides is 1. The number of aliphatic carboxylic acids is 1. The number of carbonyl (C=O) groups excluding carboxylic acids is 1. The molecule has 2 rings (SSSR count). The third kappa shape index (κ3) is 2.95. The number of nitrogens with one attached hydrogen (secondary N) is 1. The van der Waals surface area contributed by atoms with E-state index >= 15 is 0 Å². The van der Waals surface area contributed by atoms with Crippen molar-refractivity contribution in [1.29, 1.82) is 0 Å². The summed E-state index contributed by atoms with van der Waals surface area (Å²) in [6, 6.07) is 0.518. The predicted molar refractivity (Wildman–Crippen MR) is 58.0 cm³/mol. The Balaban J connectivity index is 1.78. The van der Waals surface area contributed by atoms with Crippen molar-refractivity contribution in [3.8, 4) is 0 Å². The summed E-state index contributed by atoms with van der Waals surface area (Å²) in [6.07, 6.45) is 3.80. The van der Waals surface area contributed by atoms with Crippen molar-refractivity contribution in [3.05, 3.63) is 0 Å². The second kappa shape index (κ2) is 4.82. The number of carbonyl (C=O) groups is 2. The summed E-state index contributed by atoms with van der Waals surface area (Å²) in [6.45, 7) is 1.44. The average Bonchev–Trinajstić information content (AvgIpc) is 3.10. The van der Waals surface area contributed by atoms with E-state index < -0.39 is 5.97 Å². The molecule has 0 bridgehead atoms. The van der Waals surface area contributed by atoms with Crippen LogP contribution in [0, 0.1) is 5.92 Å². The molecule has 16 heavy (non-hydrogen) atoms. The monoisotopic (exact) mass is 226 g/mol. The van der Waals surface area contributed by atoms with E-state index in [0.717, 1.165) is 19.3 Å². The Morgan fingerprint density at radius 3 is 2.69 bits per heavy atom. The standard InChI is InChI=1S/C11H18N2O3/c14-10(6-12-9-3-4-9)13-5-1-2-8(7-13)11(15)16/h8-9,12H,1-7H2,(H,15,16)/t8-/m0/s1. The van der Waals surface area contributed by atoms with E-state index in [4.69, 9.17) is 5.11 Å². The third-order valence-electron chi connectivity index (χ3n) is 3.24. The molecule has 2 N–H and O–H groups in total. The Labute approximate surface area is 94.8 Å². The van der Waals surface area contributed by atoms with E-state index in [1.54, 1.807) is 4.90 Å². The molecule has 1 aliphatic carbocycles. The molecule has 2 fully saturated rings. The molecular formula is C11H18N2O3. The molecule has 1 saturated carbocycles. The van der Waals surface area contributed by atoms with Crippen LogP contribution in [0.15, 0.2) is 0 Å². The predicted octanol–water partition coefficient (Wildman–Crippen LogP) is 0.0616. The molecular weight excluding hydrogens is 208 g/mol. The van der Waals surface area contributed by atoms with Crippen molar-refractivity contribution in [2.24, 2.45) is 5.92 Å². The molecule has 5 nitrogen and oxygen atoms in total. The molecule has 1 amide bonds. The first-order chi connectivity index (χ1) is 7.66. The summed E-state index contributed by atoms with van der Waals surface area (Å²) in [5, 5.41) is 12.1. The average molecular weight is 226 g/mol. The van der Waals surface area contributed by atoms with Crippen LogP contribution >= 0.6 is 0 Å². The molecule has 0 aromatic heterocycles. The highest BCUT2D eigenvalue weighted by atomic mass is 16.4. The lowest BCUT2D eigenvalue weighted by atomic mass is 9.98. The summed E-state index contributed by atoms with van der Waals surface area (Å²) < 4.78 is 0. The number of hydrogen-bond donors (Lipinski definition) is 2. The van der Waals surface area contributed by atoms with Crippen LogP contribution in [0.4, 0.5) is 0 Å². The van der Waals surface area contributed by atoms with Gasteiger partial charge in [0.1, 0.15) is 0 Å². The third-order valence-corrected chi connectivity index (χ3v) is 3.24. The van der Waals surface area contributed by atoms with Gasteiger partial charge in [-0.05, 0) is 25.7 Å². The van der Waals surface area contributed by atoms with Crippen LogP contribution in [0.2, 0.25) is 0 Å². The van der Waals surface area contributed by atoms with Crippen LogP contribution in [-0.2, 0) is 9.59 Å². The van der Waals surface area contributed by atoms with Gasteiger partial charge in [-0.15, -0.1) is 0 Å². The Morgan fingerprint density at radius 2 is 2.06 bits per heavy atom. The zero-order chi connectivity index (χ0) is 11.5. The number of nitrogens with zero attached hydrogens (tertiary/aromatic N) is 1. The quantitative estimate of drug-likeness (QED) is 0.711. The summed E-state index contributed by atoms with van der Waals surface area (Å²) in [5.41, 5.74) is 0. The minimum Gasteiger partial charge on any atom is -0.481 e. The van der Waals surface area contributed by atoms with Crippen LogP contribution < -0.4 is 5.32 Å². The van der Waals surface area contributed by atoms with Crippen LogP contribution in [0.25, 0.3) is 0 Å². The summed E-state index contributed by atoms with van der Waals surface area (Å²) >= 11 is 0. The maximum atomic E-state index is 11.8. The Hall–Kier alpha value is -1.10. The lowest BCUT2D eigenvalue weighted by Crippen LogP contribution is -2.46. The number of likely N-dealkylation sites (tertiary alicyclic amines) is 1. The van der Waals surface area contributed by atoms with Crippen molar-refractivity contribution in [2.75, 3.05) is 19.6 Å². The maximum absolute atomic E-state index is 11.8. The number of rotatable bonds is 4. The van der Waals surface area contributed by atoms with Gasteiger partial charge in [0, 0.05) is 19.1 Å². The molecule has 5 heteroatoms. The van der Waals surface area contributed by atoms with E-state index in [-0.39, 0.29) is 11.8 Å². The van der Waals surface area contributed by atoms with E-state index in [9.17, 15) is 9.59 Å². The lowest BCUT2D eigenvalue weighted by Gasteiger charge is -2.30. The van der Waals surface area contributed by atoms with E-state index in [1.165, 1.54) is 0 Å². The van der Waals surface area contributed by atoms with Gasteiger partial charge in [-0.25, -0.2) is 0 Å². The molecule has 0 aromatic rings. The number of carboxylic acid groups (broad SMARTS) is 1. The Morgan fingerprint density at radius 1 is 1.31 bits per heavy atom. The van der Waals surface area contributed by atoms with Crippen molar-refractivity contribution in [3.63, 3.8) is 0 Å². The highest BCUT2D eigenvalue weighted by Crippen LogP contribution is 2.19. The highest BCUT2D eigenvalue weighted by Gasteiger charge is 2.29. The van der Waals surface area contributed by atoms with Gasteiger partial charge in [0.15, 0.2) is 0 Å². The Kier molecular flexibility index (Phi) is 3.43. The fourth-order valence-corrected chi connectivity index (χ4v) is 2.04. The zero-order valence-corrected chi connectivity index (χ0v) is 9.32. The van der Waals surface area contributed by atoms with Crippen molar-refractivity contribution in [2.45, 2.75) is 31.7 Å². The first kappa shape index (κ1) is 11.4. The SMILES string of the molecule is O=C(O)[C@H]1CCCN(C(=O)CNC2CC2)C1. The highest BCUT2D eigenvalue weighted by molar-refractivity contribution is 5.79. The molecule has 1 aliphatic heterocycles. The van der Waals surface area contributed by atoms with Gasteiger partial charge in [-0.2, -0.15) is 0 Å². The summed E-state index contributed by atoms with van der Waals surface area (Å²) in [5.74, 6) is -1.12. The number of hydrogen-bond acceptors (Lipinski definition) is 3. The summed E-state index contributed by atoms with van der Waals surface area (Å²) in [7, 11) is 0. The molecule has 1 atom stereocenters. The molecule has 1 heterocycles. The van der Waals surface area contributed by atoms with Gasteiger partial charge in [-0.1, -0.05) is 0 Å². The van der Waals surface area contributed by atoms with Gasteiger partial charge < -0.3 is 15.3 Å². The number of carboxylic acids is 1. The second-order valence-electron chi connectivity index (χ2n) is 4.67. The van der Waals surface area contributed by atoms with Gasteiger partial charge in [0.05, 0.1) is 12.5 Å². The largest absolute Gasteiger partial charge is 0.481 e. The van der Waals surface area contributed by atoms with E-state index in [1.807, 2.05) is 0 Å². The molecule has 1 saturated heterocycles. The number of piperidine rings is 1. The molecule has 2 aliphatic rings. The first-order valence-corrected chi connectivity index (χ1v) is 5.91. The lowest BCUT2D eigenvalue weighted by molar-refractivity contribution is -0.145. The van der Waals surface area contributed by atoms with Crippen molar-refractivity contribution in [1.82, 2.24) is 10.2 Å². The minimum absolute atomic E-state index is 0.0397. The fourth-order valence-electron chi connectivity index (χ4n) is 2.04. The van der Waals surface area contributed by atoms with Crippen molar-refractivity contribution >= 4 is 11.9 Å². The molecule has 0 unspecified atom stereocenters. The molecule has 0 spiro atoms. The molecule has 90 valence electrons. The summed E-state index contributed by atoms with van der Waals surface area (Å²) in [4.78, 5) is 24.3. The van der Waals surface area contributed by atoms with Gasteiger partial charge in [0.2, 0.25) is 5.91 Å². The second-order valence-corrected chi connectivity index (χ2v) is 4.67.